The third-order valence-corrected chi connectivity index (χ3v) is 3.66. The molecule has 0 atom stereocenters. The first-order valence-electron chi connectivity index (χ1n) is 6.78. The highest BCUT2D eigenvalue weighted by molar-refractivity contribution is 5.21. The summed E-state index contributed by atoms with van der Waals surface area (Å²) in [7, 11) is 0. The minimum atomic E-state index is 1.11. The van der Waals surface area contributed by atoms with Crippen molar-refractivity contribution < 1.29 is 0 Å². The van der Waals surface area contributed by atoms with Gasteiger partial charge in [0.15, 0.2) is 0 Å². The quantitative estimate of drug-likeness (QED) is 0.790. The van der Waals surface area contributed by atoms with E-state index in [2.05, 4.69) is 47.9 Å². The molecule has 0 bridgehead atoms. The van der Waals surface area contributed by atoms with Crippen molar-refractivity contribution >= 4 is 0 Å². The fourth-order valence-corrected chi connectivity index (χ4v) is 2.45. The van der Waals surface area contributed by atoms with E-state index in [0.29, 0.717) is 0 Å². The summed E-state index contributed by atoms with van der Waals surface area (Å²) in [6, 6.07) is 8.95. The largest absolute Gasteiger partial charge is 0.302 e. The molecule has 0 amide bonds. The maximum Gasteiger partial charge on any atom is 0.0234 e. The van der Waals surface area contributed by atoms with Gasteiger partial charge in [-0.1, -0.05) is 36.8 Å². The van der Waals surface area contributed by atoms with Crippen LogP contribution in [-0.2, 0) is 6.54 Å². The topological polar surface area (TPSA) is 6.48 Å². The van der Waals surface area contributed by atoms with Gasteiger partial charge in [0.1, 0.15) is 0 Å². The number of rotatable bonds is 3. The minimum absolute atomic E-state index is 1.11. The molecule has 0 radical (unpaired) electrons. The van der Waals surface area contributed by atoms with Gasteiger partial charge >= 0.3 is 0 Å². The summed E-state index contributed by atoms with van der Waals surface area (Å²) >= 11 is 0. The third-order valence-electron chi connectivity index (χ3n) is 3.66. The molecular formula is C15H24N2. The molecule has 0 saturated carbocycles. The maximum atomic E-state index is 2.58. The molecule has 1 heterocycles. The zero-order chi connectivity index (χ0) is 12.1. The molecule has 1 aromatic rings. The maximum absolute atomic E-state index is 2.58. The van der Waals surface area contributed by atoms with E-state index in [4.69, 9.17) is 0 Å². The van der Waals surface area contributed by atoms with Gasteiger partial charge in [0.25, 0.3) is 0 Å². The van der Waals surface area contributed by atoms with Crippen molar-refractivity contribution in [2.45, 2.75) is 26.8 Å². The lowest BCUT2D eigenvalue weighted by Gasteiger charge is -2.20. The number of aryl methyl sites for hydroxylation is 1. The molecule has 0 unspecified atom stereocenters. The number of hydrogen-bond acceptors (Lipinski definition) is 2. The summed E-state index contributed by atoms with van der Waals surface area (Å²) in [6.45, 7) is 11.6. The van der Waals surface area contributed by atoms with Crippen LogP contribution in [0.3, 0.4) is 0 Å². The van der Waals surface area contributed by atoms with Crippen molar-refractivity contribution in [2.75, 3.05) is 32.7 Å². The van der Waals surface area contributed by atoms with Gasteiger partial charge in [0.05, 0.1) is 0 Å². The zero-order valence-electron chi connectivity index (χ0n) is 11.2. The molecule has 0 aliphatic carbocycles. The molecule has 0 aromatic heterocycles. The first-order chi connectivity index (χ1) is 8.28. The Morgan fingerprint density at radius 2 is 1.59 bits per heavy atom. The fourth-order valence-electron chi connectivity index (χ4n) is 2.45. The molecular weight excluding hydrogens is 208 g/mol. The Morgan fingerprint density at radius 3 is 2.29 bits per heavy atom. The Labute approximate surface area is 105 Å². The smallest absolute Gasteiger partial charge is 0.0234 e. The van der Waals surface area contributed by atoms with E-state index in [1.807, 2.05) is 0 Å². The van der Waals surface area contributed by atoms with Crippen molar-refractivity contribution in [3.63, 3.8) is 0 Å². The molecule has 2 rings (SSSR count). The first-order valence-corrected chi connectivity index (χ1v) is 6.78. The molecule has 17 heavy (non-hydrogen) atoms. The predicted molar refractivity (Wildman–Crippen MR) is 73.2 cm³/mol. The highest BCUT2D eigenvalue weighted by Gasteiger charge is 2.13. The summed E-state index contributed by atoms with van der Waals surface area (Å²) in [6.07, 6.45) is 1.31. The van der Waals surface area contributed by atoms with Crippen LogP contribution in [0.5, 0.6) is 0 Å². The Balaban J connectivity index is 1.88. The predicted octanol–water partition coefficient (Wildman–Crippen LogP) is 2.52. The van der Waals surface area contributed by atoms with Crippen LogP contribution < -0.4 is 0 Å². The summed E-state index contributed by atoms with van der Waals surface area (Å²) < 4.78 is 0. The molecule has 1 aliphatic rings. The van der Waals surface area contributed by atoms with Crippen molar-refractivity contribution in [3.8, 4) is 0 Å². The second kappa shape index (κ2) is 6.18. The van der Waals surface area contributed by atoms with Crippen LogP contribution in [0.2, 0.25) is 0 Å². The Bertz CT molecular complexity index is 331. The van der Waals surface area contributed by atoms with Gasteiger partial charge in [-0.25, -0.2) is 0 Å². The van der Waals surface area contributed by atoms with Crippen LogP contribution in [0, 0.1) is 6.92 Å². The van der Waals surface area contributed by atoms with Crippen LogP contribution in [0.25, 0.3) is 0 Å². The van der Waals surface area contributed by atoms with Gasteiger partial charge in [-0.3, -0.25) is 4.90 Å². The molecule has 1 aromatic carbocycles. The Hall–Kier alpha value is -0.860. The highest BCUT2D eigenvalue weighted by atomic mass is 15.2. The van der Waals surface area contributed by atoms with Crippen LogP contribution in [0.4, 0.5) is 0 Å². The van der Waals surface area contributed by atoms with E-state index < -0.39 is 0 Å². The molecule has 1 fully saturated rings. The lowest BCUT2D eigenvalue weighted by Crippen LogP contribution is -2.30. The summed E-state index contributed by atoms with van der Waals surface area (Å²) in [5.74, 6) is 0. The van der Waals surface area contributed by atoms with Gasteiger partial charge in [0, 0.05) is 19.6 Å². The summed E-state index contributed by atoms with van der Waals surface area (Å²) in [4.78, 5) is 5.13. The monoisotopic (exact) mass is 232 g/mol. The van der Waals surface area contributed by atoms with Crippen LogP contribution >= 0.6 is 0 Å². The van der Waals surface area contributed by atoms with Crippen molar-refractivity contribution in [1.82, 2.24) is 9.80 Å². The Morgan fingerprint density at radius 1 is 0.941 bits per heavy atom. The van der Waals surface area contributed by atoms with Gasteiger partial charge in [-0.15, -0.1) is 0 Å². The van der Waals surface area contributed by atoms with Crippen molar-refractivity contribution in [1.29, 1.82) is 0 Å². The van der Waals surface area contributed by atoms with E-state index in [0.717, 1.165) is 6.54 Å². The number of likely N-dealkylation sites (N-methyl/N-ethyl adjacent to an activating group) is 1. The molecule has 0 spiro atoms. The lowest BCUT2D eigenvalue weighted by molar-refractivity contribution is 0.257. The second-order valence-corrected chi connectivity index (χ2v) is 5.05. The summed E-state index contributed by atoms with van der Waals surface area (Å²) in [5.41, 5.74) is 2.79. The number of hydrogen-bond donors (Lipinski definition) is 0. The van der Waals surface area contributed by atoms with E-state index in [1.165, 1.54) is 50.3 Å². The first kappa shape index (κ1) is 12.6. The van der Waals surface area contributed by atoms with Gasteiger partial charge in [-0.05, 0) is 38.5 Å². The van der Waals surface area contributed by atoms with Crippen LogP contribution in [0.1, 0.15) is 24.5 Å². The van der Waals surface area contributed by atoms with E-state index in [-0.39, 0.29) is 0 Å². The average molecular weight is 232 g/mol. The molecule has 1 saturated heterocycles. The van der Waals surface area contributed by atoms with Crippen LogP contribution in [-0.4, -0.2) is 42.5 Å². The second-order valence-electron chi connectivity index (χ2n) is 5.05. The minimum Gasteiger partial charge on any atom is -0.302 e. The van der Waals surface area contributed by atoms with Crippen molar-refractivity contribution in [2.24, 2.45) is 0 Å². The van der Waals surface area contributed by atoms with E-state index >= 15 is 0 Å². The molecule has 2 nitrogen and oxygen atoms in total. The number of benzene rings is 1. The normalized spacial score (nSPS) is 19.2. The number of nitrogens with zero attached hydrogens (tertiary/aromatic N) is 2. The third kappa shape index (κ3) is 3.83. The van der Waals surface area contributed by atoms with Crippen molar-refractivity contribution in [3.05, 3.63) is 35.4 Å². The Kier molecular flexibility index (Phi) is 4.57. The fraction of sp³-hybridized carbons (Fsp3) is 0.600. The lowest BCUT2D eigenvalue weighted by atomic mass is 10.1. The van der Waals surface area contributed by atoms with Crippen LogP contribution in [0.15, 0.2) is 24.3 Å². The summed E-state index contributed by atoms with van der Waals surface area (Å²) in [5, 5.41) is 0. The van der Waals surface area contributed by atoms with Gasteiger partial charge in [-0.2, -0.15) is 0 Å². The molecule has 94 valence electrons. The molecule has 1 aliphatic heterocycles. The SMILES string of the molecule is CCN1CCCN(Cc2ccc(C)cc2)CC1. The zero-order valence-corrected chi connectivity index (χ0v) is 11.2. The van der Waals surface area contributed by atoms with Gasteiger partial charge < -0.3 is 4.90 Å². The molecule has 2 heteroatoms. The standard InChI is InChI=1S/C15H24N2/c1-3-16-9-4-10-17(12-11-16)13-15-7-5-14(2)6-8-15/h5-8H,3-4,9-13H2,1-2H3. The highest BCUT2D eigenvalue weighted by Crippen LogP contribution is 2.10. The van der Waals surface area contributed by atoms with Gasteiger partial charge in [0.2, 0.25) is 0 Å². The average Bonchev–Trinajstić information content (AvgIpc) is 2.57. The molecule has 0 N–H and O–H groups in total. The van der Waals surface area contributed by atoms with E-state index in [1.54, 1.807) is 0 Å². The van der Waals surface area contributed by atoms with E-state index in [9.17, 15) is 0 Å².